The van der Waals surface area contributed by atoms with Crippen LogP contribution in [0.25, 0.3) is 21.9 Å². The second-order valence-corrected chi connectivity index (χ2v) is 10.6. The predicted octanol–water partition coefficient (Wildman–Crippen LogP) is 7.17. The molecule has 0 bridgehead atoms. The van der Waals surface area contributed by atoms with Crippen LogP contribution in [0.3, 0.4) is 0 Å². The molecule has 3 nitrogen and oxygen atoms in total. The number of rotatable bonds is 10. The van der Waals surface area contributed by atoms with E-state index in [2.05, 4.69) is 125 Å². The molecule has 2 N–H and O–H groups in total. The molecule has 0 fully saturated rings. The molecule has 1 unspecified atom stereocenters. The summed E-state index contributed by atoms with van der Waals surface area (Å²) in [5.74, 6) is 0. The average molecular weight is 482 g/mol. The first-order valence-electron chi connectivity index (χ1n) is 12.9. The van der Waals surface area contributed by atoms with Gasteiger partial charge in [-0.3, -0.25) is 0 Å². The molecular weight excluding hydrogens is 442 g/mol. The van der Waals surface area contributed by atoms with Gasteiger partial charge in [-0.1, -0.05) is 84.9 Å². The molecule has 4 rings (SSSR count). The first-order valence-corrected chi connectivity index (χ1v) is 12.9. The summed E-state index contributed by atoms with van der Waals surface area (Å²) in [4.78, 5) is 0. The van der Waals surface area contributed by atoms with Crippen molar-refractivity contribution in [3.63, 3.8) is 0 Å². The van der Waals surface area contributed by atoms with Gasteiger partial charge in [0.2, 0.25) is 0 Å². The molecule has 0 aliphatic carbocycles. The standard InChI is InChI=1S/C33H39NO2/c1-23-11-10-16-30(24(23)2)32-15-9-8-14-31(32)25(3)36-22-29(35)21-34-33(4,5)20-26-17-18-27-12-6-7-13-28(27)19-26/h6-19,25,29,34-35H,20-22H2,1-5H3/t25?,29-/m1/s1. The monoisotopic (exact) mass is 481 g/mol. The van der Waals surface area contributed by atoms with Crippen LogP contribution in [0.1, 0.15) is 49.1 Å². The molecule has 0 saturated heterocycles. The van der Waals surface area contributed by atoms with Crippen molar-refractivity contribution in [2.75, 3.05) is 13.2 Å². The van der Waals surface area contributed by atoms with Gasteiger partial charge in [0.05, 0.1) is 18.8 Å². The maximum Gasteiger partial charge on any atom is 0.0898 e. The fourth-order valence-corrected chi connectivity index (χ4v) is 4.86. The van der Waals surface area contributed by atoms with Crippen molar-refractivity contribution in [1.29, 1.82) is 0 Å². The maximum absolute atomic E-state index is 10.7. The van der Waals surface area contributed by atoms with Gasteiger partial charge in [0.1, 0.15) is 0 Å². The van der Waals surface area contributed by atoms with E-state index in [0.29, 0.717) is 6.54 Å². The molecule has 3 heteroatoms. The summed E-state index contributed by atoms with van der Waals surface area (Å²) in [6.07, 6.45) is 0.169. The average Bonchev–Trinajstić information content (AvgIpc) is 2.87. The van der Waals surface area contributed by atoms with Crippen LogP contribution in [0, 0.1) is 13.8 Å². The van der Waals surface area contributed by atoms with E-state index >= 15 is 0 Å². The summed E-state index contributed by atoms with van der Waals surface area (Å²) in [6.45, 7) is 11.5. The number of hydrogen-bond donors (Lipinski definition) is 2. The zero-order chi connectivity index (χ0) is 25.7. The minimum atomic E-state index is -0.587. The highest BCUT2D eigenvalue weighted by molar-refractivity contribution is 5.83. The van der Waals surface area contributed by atoms with Crippen molar-refractivity contribution in [1.82, 2.24) is 5.32 Å². The Kier molecular flexibility index (Phi) is 8.25. The van der Waals surface area contributed by atoms with Gasteiger partial charge in [-0.05, 0) is 85.2 Å². The van der Waals surface area contributed by atoms with Gasteiger partial charge in [-0.15, -0.1) is 0 Å². The normalized spacial score (nSPS) is 13.6. The van der Waals surface area contributed by atoms with Crippen LogP contribution in [0.5, 0.6) is 0 Å². The molecule has 0 radical (unpaired) electrons. The topological polar surface area (TPSA) is 41.5 Å². The largest absolute Gasteiger partial charge is 0.389 e. The van der Waals surface area contributed by atoms with Crippen LogP contribution >= 0.6 is 0 Å². The quantitative estimate of drug-likeness (QED) is 0.252. The molecular formula is C33H39NO2. The molecule has 4 aromatic carbocycles. The Morgan fingerprint density at radius 1 is 0.833 bits per heavy atom. The van der Waals surface area contributed by atoms with E-state index < -0.39 is 6.10 Å². The van der Waals surface area contributed by atoms with Gasteiger partial charge >= 0.3 is 0 Å². The van der Waals surface area contributed by atoms with Gasteiger partial charge in [0.15, 0.2) is 0 Å². The molecule has 0 saturated carbocycles. The van der Waals surface area contributed by atoms with Crippen molar-refractivity contribution in [2.45, 2.75) is 58.8 Å². The molecule has 4 aromatic rings. The highest BCUT2D eigenvalue weighted by Gasteiger charge is 2.21. The van der Waals surface area contributed by atoms with E-state index in [0.717, 1.165) is 12.0 Å². The molecule has 0 heterocycles. The van der Waals surface area contributed by atoms with Crippen molar-refractivity contribution in [3.05, 3.63) is 107 Å². The van der Waals surface area contributed by atoms with Crippen LogP contribution in [-0.2, 0) is 11.2 Å². The van der Waals surface area contributed by atoms with E-state index in [-0.39, 0.29) is 18.2 Å². The third kappa shape index (κ3) is 6.41. The van der Waals surface area contributed by atoms with Crippen LogP contribution in [-0.4, -0.2) is 29.9 Å². The second kappa shape index (κ2) is 11.4. The lowest BCUT2D eigenvalue weighted by molar-refractivity contribution is -0.00397. The summed E-state index contributed by atoms with van der Waals surface area (Å²) < 4.78 is 6.16. The number of ether oxygens (including phenoxy) is 1. The molecule has 0 aliphatic rings. The number of aryl methyl sites for hydroxylation is 1. The number of nitrogens with one attached hydrogen (secondary N) is 1. The Labute approximate surface area is 216 Å². The predicted molar refractivity (Wildman–Crippen MR) is 151 cm³/mol. The Morgan fingerprint density at radius 2 is 1.53 bits per heavy atom. The fraction of sp³-hybridized carbons (Fsp3) is 0.333. The van der Waals surface area contributed by atoms with Crippen LogP contribution in [0.15, 0.2) is 84.9 Å². The van der Waals surface area contributed by atoms with Crippen LogP contribution < -0.4 is 5.32 Å². The third-order valence-electron chi connectivity index (χ3n) is 7.11. The first kappa shape index (κ1) is 26.1. The lowest BCUT2D eigenvalue weighted by atomic mass is 9.92. The first-order chi connectivity index (χ1) is 17.2. The Morgan fingerprint density at radius 3 is 2.33 bits per heavy atom. The Balaban J connectivity index is 1.33. The molecule has 0 amide bonds. The maximum atomic E-state index is 10.7. The number of β-amino-alcohol motifs (C(OH)–C–C–N with tert-alkyl or cyclic N) is 1. The number of hydrogen-bond acceptors (Lipinski definition) is 3. The molecule has 36 heavy (non-hydrogen) atoms. The van der Waals surface area contributed by atoms with Crippen molar-refractivity contribution >= 4 is 10.8 Å². The van der Waals surface area contributed by atoms with Crippen molar-refractivity contribution in [2.24, 2.45) is 0 Å². The highest BCUT2D eigenvalue weighted by Crippen LogP contribution is 2.33. The number of aliphatic hydroxyl groups excluding tert-OH is 1. The van der Waals surface area contributed by atoms with Crippen molar-refractivity contribution < 1.29 is 9.84 Å². The lowest BCUT2D eigenvalue weighted by Gasteiger charge is -2.28. The zero-order valence-corrected chi connectivity index (χ0v) is 22.2. The van der Waals surface area contributed by atoms with Gasteiger partial charge < -0.3 is 15.2 Å². The highest BCUT2D eigenvalue weighted by atomic mass is 16.5. The third-order valence-corrected chi connectivity index (χ3v) is 7.11. The van der Waals surface area contributed by atoms with E-state index in [4.69, 9.17) is 4.74 Å². The SMILES string of the molecule is Cc1cccc(-c2ccccc2C(C)OC[C@H](O)CNC(C)(C)Cc2ccc3ccccc3c2)c1C. The van der Waals surface area contributed by atoms with E-state index in [9.17, 15) is 5.11 Å². The molecule has 188 valence electrons. The van der Waals surface area contributed by atoms with Crippen molar-refractivity contribution in [3.8, 4) is 11.1 Å². The summed E-state index contributed by atoms with van der Waals surface area (Å²) in [6, 6.07) is 29.9. The fourth-order valence-electron chi connectivity index (χ4n) is 4.86. The minimum Gasteiger partial charge on any atom is -0.389 e. The second-order valence-electron chi connectivity index (χ2n) is 10.6. The van der Waals surface area contributed by atoms with E-state index in [1.54, 1.807) is 0 Å². The summed E-state index contributed by atoms with van der Waals surface area (Å²) in [5.41, 5.74) is 7.27. The molecule has 0 aliphatic heterocycles. The minimum absolute atomic E-state index is 0.124. The summed E-state index contributed by atoms with van der Waals surface area (Å²) >= 11 is 0. The van der Waals surface area contributed by atoms with E-state index in [1.807, 2.05) is 0 Å². The van der Waals surface area contributed by atoms with Gasteiger partial charge in [-0.2, -0.15) is 0 Å². The zero-order valence-electron chi connectivity index (χ0n) is 22.2. The van der Waals surface area contributed by atoms with Gasteiger partial charge in [-0.25, -0.2) is 0 Å². The Hall–Kier alpha value is -2.98. The van der Waals surface area contributed by atoms with Crippen LogP contribution in [0.4, 0.5) is 0 Å². The van der Waals surface area contributed by atoms with Crippen LogP contribution in [0.2, 0.25) is 0 Å². The lowest BCUT2D eigenvalue weighted by Crippen LogP contribution is -2.46. The summed E-state index contributed by atoms with van der Waals surface area (Å²) in [7, 11) is 0. The smallest absolute Gasteiger partial charge is 0.0898 e. The number of fused-ring (bicyclic) bond motifs is 1. The van der Waals surface area contributed by atoms with Gasteiger partial charge in [0, 0.05) is 12.1 Å². The molecule has 0 spiro atoms. The van der Waals surface area contributed by atoms with E-state index in [1.165, 1.54) is 38.6 Å². The molecule has 2 atom stereocenters. The molecule has 0 aromatic heterocycles. The van der Waals surface area contributed by atoms with Gasteiger partial charge in [0.25, 0.3) is 0 Å². The number of aliphatic hydroxyl groups is 1. The summed E-state index contributed by atoms with van der Waals surface area (Å²) in [5, 5.41) is 16.8. The Bertz CT molecular complexity index is 1310. The number of benzene rings is 4.